The van der Waals surface area contributed by atoms with Gasteiger partial charge in [0.2, 0.25) is 10.0 Å². The summed E-state index contributed by atoms with van der Waals surface area (Å²) in [7, 11) is -1.56. The van der Waals surface area contributed by atoms with E-state index in [2.05, 4.69) is 15.1 Å². The molecule has 0 atom stereocenters. The molecule has 7 nitrogen and oxygen atoms in total. The van der Waals surface area contributed by atoms with Gasteiger partial charge in [-0.1, -0.05) is 30.3 Å². The predicted octanol–water partition coefficient (Wildman–Crippen LogP) is 0.366. The van der Waals surface area contributed by atoms with E-state index in [9.17, 15) is 13.2 Å². The Labute approximate surface area is 129 Å². The van der Waals surface area contributed by atoms with Crippen molar-refractivity contribution in [1.29, 1.82) is 0 Å². The molecule has 1 aromatic carbocycles. The number of hydrogen-bond donors (Lipinski definition) is 2. The van der Waals surface area contributed by atoms with E-state index in [-0.39, 0.29) is 19.0 Å². The fourth-order valence-electron chi connectivity index (χ4n) is 1.93. The molecule has 0 unspecified atom stereocenters. The molecule has 0 aliphatic heterocycles. The van der Waals surface area contributed by atoms with E-state index in [1.54, 1.807) is 13.1 Å². The van der Waals surface area contributed by atoms with Crippen molar-refractivity contribution in [2.24, 2.45) is 7.05 Å². The van der Waals surface area contributed by atoms with Crippen molar-refractivity contribution in [3.63, 3.8) is 0 Å². The van der Waals surface area contributed by atoms with Crippen molar-refractivity contribution in [2.75, 3.05) is 19.3 Å². The van der Waals surface area contributed by atoms with E-state index in [1.807, 2.05) is 30.3 Å². The Hall–Kier alpha value is -2.19. The highest BCUT2D eigenvalue weighted by atomic mass is 32.2. The van der Waals surface area contributed by atoms with Crippen molar-refractivity contribution in [3.8, 4) is 11.3 Å². The minimum absolute atomic E-state index is 0.147. The highest BCUT2D eigenvalue weighted by molar-refractivity contribution is 7.88. The van der Waals surface area contributed by atoms with Gasteiger partial charge in [-0.05, 0) is 6.07 Å². The van der Waals surface area contributed by atoms with Gasteiger partial charge in [-0.2, -0.15) is 5.10 Å². The Kier molecular flexibility index (Phi) is 4.94. The van der Waals surface area contributed by atoms with Crippen LogP contribution in [0.15, 0.2) is 36.4 Å². The number of amides is 1. The summed E-state index contributed by atoms with van der Waals surface area (Å²) in [5, 5.41) is 6.96. The average Bonchev–Trinajstić information content (AvgIpc) is 2.85. The molecule has 0 saturated carbocycles. The molecule has 0 aliphatic rings. The van der Waals surface area contributed by atoms with Crippen LogP contribution in [0.3, 0.4) is 0 Å². The topological polar surface area (TPSA) is 93.1 Å². The van der Waals surface area contributed by atoms with Gasteiger partial charge in [-0.3, -0.25) is 9.48 Å². The molecule has 0 spiro atoms. The Morgan fingerprint density at radius 1 is 1.23 bits per heavy atom. The number of benzene rings is 1. The van der Waals surface area contributed by atoms with E-state index >= 15 is 0 Å². The first-order valence-electron chi connectivity index (χ1n) is 6.69. The lowest BCUT2D eigenvalue weighted by Crippen LogP contribution is -2.34. The molecule has 2 aromatic rings. The number of aryl methyl sites for hydroxylation is 1. The van der Waals surface area contributed by atoms with Crippen LogP contribution in [-0.4, -0.2) is 43.5 Å². The van der Waals surface area contributed by atoms with Gasteiger partial charge in [0, 0.05) is 25.7 Å². The zero-order valence-corrected chi connectivity index (χ0v) is 13.2. The quantitative estimate of drug-likeness (QED) is 0.751. The fraction of sp³-hybridized carbons (Fsp3) is 0.286. The molecule has 2 rings (SSSR count). The van der Waals surface area contributed by atoms with Gasteiger partial charge in [0.25, 0.3) is 5.91 Å². The number of carbonyl (C=O) groups excluding carboxylic acids is 1. The number of aromatic nitrogens is 2. The maximum Gasteiger partial charge on any atom is 0.269 e. The second-order valence-corrected chi connectivity index (χ2v) is 6.66. The lowest BCUT2D eigenvalue weighted by atomic mass is 10.1. The lowest BCUT2D eigenvalue weighted by Gasteiger charge is -2.05. The van der Waals surface area contributed by atoms with E-state index in [4.69, 9.17) is 0 Å². The number of nitrogens with zero attached hydrogens (tertiary/aromatic N) is 2. The molecule has 0 aliphatic carbocycles. The molecule has 1 aromatic heterocycles. The van der Waals surface area contributed by atoms with Crippen molar-refractivity contribution in [2.45, 2.75) is 0 Å². The highest BCUT2D eigenvalue weighted by Crippen LogP contribution is 2.18. The van der Waals surface area contributed by atoms with Crippen molar-refractivity contribution in [1.82, 2.24) is 19.8 Å². The zero-order valence-electron chi connectivity index (χ0n) is 12.4. The molecule has 0 bridgehead atoms. The highest BCUT2D eigenvalue weighted by Gasteiger charge is 2.13. The summed E-state index contributed by atoms with van der Waals surface area (Å²) in [5.41, 5.74) is 2.05. The lowest BCUT2D eigenvalue weighted by molar-refractivity contribution is 0.0945. The molecule has 0 fully saturated rings. The van der Waals surface area contributed by atoms with Crippen LogP contribution in [0.4, 0.5) is 0 Å². The number of hydrogen-bond acceptors (Lipinski definition) is 4. The number of sulfonamides is 1. The van der Waals surface area contributed by atoms with Gasteiger partial charge in [0.1, 0.15) is 5.69 Å². The van der Waals surface area contributed by atoms with Crippen LogP contribution in [0, 0.1) is 0 Å². The third-order valence-corrected chi connectivity index (χ3v) is 3.69. The Balaban J connectivity index is 2.00. The first kappa shape index (κ1) is 16.2. The normalized spacial score (nSPS) is 11.4. The molecular formula is C14H18N4O3S. The molecule has 118 valence electrons. The zero-order chi connectivity index (χ0) is 16.2. The molecule has 1 amide bonds. The number of carbonyl (C=O) groups is 1. The van der Waals surface area contributed by atoms with E-state index < -0.39 is 10.0 Å². The second-order valence-electron chi connectivity index (χ2n) is 4.83. The summed E-state index contributed by atoms with van der Waals surface area (Å²) in [4.78, 5) is 12.1. The molecule has 2 N–H and O–H groups in total. The van der Waals surface area contributed by atoms with Gasteiger partial charge in [-0.25, -0.2) is 13.1 Å². The summed E-state index contributed by atoms with van der Waals surface area (Å²) in [6.07, 6.45) is 1.07. The average molecular weight is 322 g/mol. The van der Waals surface area contributed by atoms with Crippen LogP contribution in [0.5, 0.6) is 0 Å². The largest absolute Gasteiger partial charge is 0.349 e. The van der Waals surface area contributed by atoms with Crippen LogP contribution in [0.1, 0.15) is 10.5 Å². The van der Waals surface area contributed by atoms with Gasteiger partial charge < -0.3 is 5.32 Å². The Morgan fingerprint density at radius 3 is 2.55 bits per heavy atom. The smallest absolute Gasteiger partial charge is 0.269 e. The molecule has 8 heteroatoms. The third-order valence-electron chi connectivity index (χ3n) is 2.96. The number of nitrogens with one attached hydrogen (secondary N) is 2. The first-order chi connectivity index (χ1) is 10.4. The van der Waals surface area contributed by atoms with Gasteiger partial charge >= 0.3 is 0 Å². The summed E-state index contributed by atoms with van der Waals surface area (Å²) >= 11 is 0. The van der Waals surface area contributed by atoms with E-state index in [0.29, 0.717) is 11.4 Å². The monoisotopic (exact) mass is 322 g/mol. The fourth-order valence-corrected chi connectivity index (χ4v) is 2.41. The van der Waals surface area contributed by atoms with Crippen LogP contribution < -0.4 is 10.0 Å². The molecule has 0 radical (unpaired) electrons. The third kappa shape index (κ3) is 4.40. The van der Waals surface area contributed by atoms with Crippen molar-refractivity contribution < 1.29 is 13.2 Å². The Morgan fingerprint density at radius 2 is 1.91 bits per heavy atom. The summed E-state index contributed by atoms with van der Waals surface area (Å²) in [6, 6.07) is 11.3. The van der Waals surface area contributed by atoms with Crippen LogP contribution in [0.2, 0.25) is 0 Å². The van der Waals surface area contributed by atoms with Gasteiger partial charge in [0.15, 0.2) is 0 Å². The summed E-state index contributed by atoms with van der Waals surface area (Å²) in [6.45, 7) is 0.353. The van der Waals surface area contributed by atoms with E-state index in [0.717, 1.165) is 11.8 Å². The SMILES string of the molecule is Cn1nc(-c2ccccc2)cc1C(=O)NCCNS(C)(=O)=O. The Bertz CT molecular complexity index is 754. The summed E-state index contributed by atoms with van der Waals surface area (Å²) in [5.74, 6) is -0.299. The minimum atomic E-state index is -3.25. The number of rotatable bonds is 6. The molecule has 1 heterocycles. The molecule has 22 heavy (non-hydrogen) atoms. The maximum atomic E-state index is 12.1. The van der Waals surface area contributed by atoms with Gasteiger partial charge in [-0.15, -0.1) is 0 Å². The van der Waals surface area contributed by atoms with Crippen LogP contribution >= 0.6 is 0 Å². The van der Waals surface area contributed by atoms with Crippen molar-refractivity contribution >= 4 is 15.9 Å². The second kappa shape index (κ2) is 6.71. The van der Waals surface area contributed by atoms with E-state index in [1.165, 1.54) is 4.68 Å². The minimum Gasteiger partial charge on any atom is -0.349 e. The predicted molar refractivity (Wildman–Crippen MR) is 83.8 cm³/mol. The molecule has 0 saturated heterocycles. The molecular weight excluding hydrogens is 304 g/mol. The van der Waals surface area contributed by atoms with Crippen LogP contribution in [0.25, 0.3) is 11.3 Å². The standard InChI is InChI=1S/C14H18N4O3S/c1-18-13(14(19)15-8-9-16-22(2,20)21)10-12(17-18)11-6-4-3-5-7-11/h3-7,10,16H,8-9H2,1-2H3,(H,15,19). The van der Waals surface area contributed by atoms with Crippen molar-refractivity contribution in [3.05, 3.63) is 42.1 Å². The maximum absolute atomic E-state index is 12.1. The van der Waals surface area contributed by atoms with Crippen LogP contribution in [-0.2, 0) is 17.1 Å². The van der Waals surface area contributed by atoms with Gasteiger partial charge in [0.05, 0.1) is 11.9 Å². The summed E-state index contributed by atoms with van der Waals surface area (Å²) < 4.78 is 25.7. The first-order valence-corrected chi connectivity index (χ1v) is 8.58.